The minimum Gasteiger partial charge on any atom is -0.445 e. The van der Waals surface area contributed by atoms with Crippen molar-refractivity contribution < 1.29 is 9.53 Å². The third-order valence-corrected chi connectivity index (χ3v) is 4.96. The first kappa shape index (κ1) is 12.5. The molecule has 2 aliphatic carbocycles. The molecular weight excluding hydrogens is 238 g/mol. The first-order valence-electron chi connectivity index (χ1n) is 7.15. The molecule has 0 radical (unpaired) electrons. The van der Waals surface area contributed by atoms with E-state index in [9.17, 15) is 4.79 Å². The van der Waals surface area contributed by atoms with Crippen molar-refractivity contribution in [2.45, 2.75) is 45.3 Å². The Morgan fingerprint density at radius 3 is 2.68 bits per heavy atom. The van der Waals surface area contributed by atoms with Gasteiger partial charge in [0.2, 0.25) is 0 Å². The van der Waals surface area contributed by atoms with Gasteiger partial charge in [0, 0.05) is 6.04 Å². The topological polar surface area (TPSA) is 38.3 Å². The van der Waals surface area contributed by atoms with E-state index >= 15 is 0 Å². The highest BCUT2D eigenvalue weighted by Crippen LogP contribution is 2.59. The zero-order valence-electron chi connectivity index (χ0n) is 11.4. The molecule has 1 spiro atoms. The van der Waals surface area contributed by atoms with Crippen LogP contribution in [0.2, 0.25) is 0 Å². The molecule has 1 atom stereocenters. The molecule has 3 rings (SSSR count). The number of alkyl carbamates (subject to hydrolysis) is 1. The molecule has 0 bridgehead atoms. The Labute approximate surface area is 114 Å². The van der Waals surface area contributed by atoms with Crippen molar-refractivity contribution in [3.05, 3.63) is 35.9 Å². The van der Waals surface area contributed by atoms with Crippen molar-refractivity contribution in [3.63, 3.8) is 0 Å². The van der Waals surface area contributed by atoms with Crippen LogP contribution in [0.4, 0.5) is 4.79 Å². The Morgan fingerprint density at radius 1 is 1.37 bits per heavy atom. The highest BCUT2D eigenvalue weighted by molar-refractivity contribution is 5.67. The van der Waals surface area contributed by atoms with Crippen molar-refractivity contribution in [2.24, 2.45) is 11.3 Å². The first-order chi connectivity index (χ1) is 9.18. The lowest BCUT2D eigenvalue weighted by Crippen LogP contribution is -2.57. The number of ether oxygens (including phenoxy) is 1. The van der Waals surface area contributed by atoms with Crippen LogP contribution < -0.4 is 5.32 Å². The van der Waals surface area contributed by atoms with Crippen LogP contribution in [0, 0.1) is 11.3 Å². The molecule has 19 heavy (non-hydrogen) atoms. The summed E-state index contributed by atoms with van der Waals surface area (Å²) in [6.07, 6.45) is 4.68. The van der Waals surface area contributed by atoms with Gasteiger partial charge < -0.3 is 10.1 Å². The second-order valence-electron chi connectivity index (χ2n) is 6.11. The Hall–Kier alpha value is -1.51. The summed E-state index contributed by atoms with van der Waals surface area (Å²) >= 11 is 0. The Kier molecular flexibility index (Phi) is 3.21. The van der Waals surface area contributed by atoms with Crippen LogP contribution in [-0.4, -0.2) is 12.1 Å². The van der Waals surface area contributed by atoms with Crippen molar-refractivity contribution >= 4 is 6.09 Å². The molecule has 3 nitrogen and oxygen atoms in total. The lowest BCUT2D eigenvalue weighted by molar-refractivity contribution is -0.0613. The molecule has 1 N–H and O–H groups in total. The normalized spacial score (nSPS) is 32.3. The third-order valence-electron chi connectivity index (χ3n) is 4.96. The largest absolute Gasteiger partial charge is 0.445 e. The van der Waals surface area contributed by atoms with Gasteiger partial charge in [0.25, 0.3) is 0 Å². The van der Waals surface area contributed by atoms with Gasteiger partial charge in [0.05, 0.1) is 0 Å². The summed E-state index contributed by atoms with van der Waals surface area (Å²) in [5.41, 5.74) is 1.58. The fraction of sp³-hybridized carbons (Fsp3) is 0.562. The minimum atomic E-state index is -0.282. The standard InChI is InChI=1S/C16H21NO2/c1-12-7-8-16(12)9-14(10-16)17-15(18)19-11-13-5-3-2-4-6-13/h2-6,12,14H,7-11H2,1H3,(H,17,18). The molecule has 102 valence electrons. The number of carbonyl (C=O) groups excluding carboxylic acids is 1. The molecule has 0 aromatic heterocycles. The molecule has 2 fully saturated rings. The zero-order chi connectivity index (χ0) is 13.3. The van der Waals surface area contributed by atoms with Crippen LogP contribution in [0.1, 0.15) is 38.2 Å². The van der Waals surface area contributed by atoms with Crippen LogP contribution >= 0.6 is 0 Å². The maximum absolute atomic E-state index is 11.7. The van der Waals surface area contributed by atoms with Crippen molar-refractivity contribution in [3.8, 4) is 0 Å². The average molecular weight is 259 g/mol. The number of carbonyl (C=O) groups is 1. The van der Waals surface area contributed by atoms with E-state index in [0.29, 0.717) is 18.1 Å². The summed E-state index contributed by atoms with van der Waals surface area (Å²) in [6.45, 7) is 2.67. The van der Waals surface area contributed by atoms with Gasteiger partial charge in [-0.2, -0.15) is 0 Å². The smallest absolute Gasteiger partial charge is 0.407 e. The maximum atomic E-state index is 11.7. The monoisotopic (exact) mass is 259 g/mol. The SMILES string of the molecule is CC1CCC12CC(NC(=O)OCc1ccccc1)C2. The van der Waals surface area contributed by atoms with E-state index in [1.165, 1.54) is 12.8 Å². The highest BCUT2D eigenvalue weighted by Gasteiger charge is 2.53. The predicted molar refractivity (Wildman–Crippen MR) is 73.6 cm³/mol. The van der Waals surface area contributed by atoms with Gasteiger partial charge in [-0.15, -0.1) is 0 Å². The summed E-state index contributed by atoms with van der Waals surface area (Å²) in [4.78, 5) is 11.7. The van der Waals surface area contributed by atoms with E-state index in [0.717, 1.165) is 24.3 Å². The second-order valence-corrected chi connectivity index (χ2v) is 6.11. The summed E-state index contributed by atoms with van der Waals surface area (Å²) in [5.74, 6) is 0.839. The summed E-state index contributed by atoms with van der Waals surface area (Å²) in [5, 5.41) is 2.97. The van der Waals surface area contributed by atoms with Crippen LogP contribution in [0.25, 0.3) is 0 Å². The van der Waals surface area contributed by atoms with E-state index in [2.05, 4.69) is 12.2 Å². The lowest BCUT2D eigenvalue weighted by atomic mass is 9.49. The molecule has 3 heteroatoms. The Bertz CT molecular complexity index is 451. The molecule has 0 saturated heterocycles. The summed E-state index contributed by atoms with van der Waals surface area (Å²) in [6, 6.07) is 10.1. The summed E-state index contributed by atoms with van der Waals surface area (Å²) in [7, 11) is 0. The number of hydrogen-bond acceptors (Lipinski definition) is 2. The molecule has 2 aliphatic rings. The highest BCUT2D eigenvalue weighted by atomic mass is 16.5. The van der Waals surface area contributed by atoms with Gasteiger partial charge in [0.1, 0.15) is 6.61 Å². The van der Waals surface area contributed by atoms with Crippen LogP contribution in [0.5, 0.6) is 0 Å². The van der Waals surface area contributed by atoms with E-state index < -0.39 is 0 Å². The van der Waals surface area contributed by atoms with Gasteiger partial charge in [-0.3, -0.25) is 0 Å². The Morgan fingerprint density at radius 2 is 2.11 bits per heavy atom. The zero-order valence-corrected chi connectivity index (χ0v) is 11.4. The fourth-order valence-electron chi connectivity index (χ4n) is 3.40. The molecule has 0 aliphatic heterocycles. The number of nitrogens with one attached hydrogen (secondary N) is 1. The van der Waals surface area contributed by atoms with Crippen LogP contribution in [0.3, 0.4) is 0 Å². The molecule has 1 amide bonds. The van der Waals surface area contributed by atoms with Gasteiger partial charge in [0.15, 0.2) is 0 Å². The molecule has 1 aromatic carbocycles. The number of rotatable bonds is 3. The average Bonchev–Trinajstić information content (AvgIpc) is 2.39. The molecular formula is C16H21NO2. The van der Waals surface area contributed by atoms with E-state index in [-0.39, 0.29) is 6.09 Å². The van der Waals surface area contributed by atoms with Gasteiger partial charge >= 0.3 is 6.09 Å². The number of benzene rings is 1. The van der Waals surface area contributed by atoms with E-state index in [4.69, 9.17) is 4.74 Å². The van der Waals surface area contributed by atoms with Crippen LogP contribution in [0.15, 0.2) is 30.3 Å². The Balaban J connectivity index is 1.39. The molecule has 0 heterocycles. The van der Waals surface area contributed by atoms with Crippen molar-refractivity contribution in [2.75, 3.05) is 0 Å². The molecule has 2 saturated carbocycles. The molecule has 1 unspecified atom stereocenters. The quantitative estimate of drug-likeness (QED) is 0.902. The van der Waals surface area contributed by atoms with Crippen LogP contribution in [-0.2, 0) is 11.3 Å². The van der Waals surface area contributed by atoms with E-state index in [1.807, 2.05) is 30.3 Å². The maximum Gasteiger partial charge on any atom is 0.407 e. The molecule has 1 aromatic rings. The lowest BCUT2D eigenvalue weighted by Gasteiger charge is -2.58. The summed E-state index contributed by atoms with van der Waals surface area (Å²) < 4.78 is 5.23. The van der Waals surface area contributed by atoms with Crippen molar-refractivity contribution in [1.82, 2.24) is 5.32 Å². The second kappa shape index (κ2) is 4.87. The minimum absolute atomic E-state index is 0.282. The fourth-order valence-corrected chi connectivity index (χ4v) is 3.40. The van der Waals surface area contributed by atoms with Gasteiger partial charge in [-0.1, -0.05) is 37.3 Å². The number of amides is 1. The van der Waals surface area contributed by atoms with Gasteiger partial charge in [-0.05, 0) is 42.6 Å². The van der Waals surface area contributed by atoms with E-state index in [1.54, 1.807) is 0 Å². The third kappa shape index (κ3) is 2.46. The first-order valence-corrected chi connectivity index (χ1v) is 7.15. The number of hydrogen-bond donors (Lipinski definition) is 1. The van der Waals surface area contributed by atoms with Crippen molar-refractivity contribution in [1.29, 1.82) is 0 Å². The van der Waals surface area contributed by atoms with Gasteiger partial charge in [-0.25, -0.2) is 4.79 Å². The predicted octanol–water partition coefficient (Wildman–Crippen LogP) is 3.49.